The maximum atomic E-state index is 11.3. The molecule has 4 N–H and O–H groups in total. The van der Waals surface area contributed by atoms with Crippen LogP contribution >= 0.6 is 0 Å². The number of nitrogen functional groups attached to an aromatic ring is 1. The average Bonchev–Trinajstić information content (AvgIpc) is 2.39. The molecule has 0 unspecified atom stereocenters. The van der Waals surface area contributed by atoms with Crippen molar-refractivity contribution in [2.75, 3.05) is 6.61 Å². The zero-order valence-electron chi connectivity index (χ0n) is 10.6. The molecule has 0 heterocycles. The van der Waals surface area contributed by atoms with E-state index in [2.05, 4.69) is 6.92 Å². The van der Waals surface area contributed by atoms with Crippen LogP contribution in [0.5, 0.6) is 11.5 Å². The highest BCUT2D eigenvalue weighted by molar-refractivity contribution is 5.96. The molecule has 0 aliphatic heterocycles. The van der Waals surface area contributed by atoms with Gasteiger partial charge >= 0.3 is 0 Å². The Hall–Kier alpha value is -1.75. The van der Waals surface area contributed by atoms with E-state index in [0.29, 0.717) is 12.4 Å². The first-order chi connectivity index (χ1) is 8.69. The van der Waals surface area contributed by atoms with Crippen LogP contribution in [0, 0.1) is 0 Å². The fourth-order valence-electron chi connectivity index (χ4n) is 1.58. The summed E-state index contributed by atoms with van der Waals surface area (Å²) in [5, 5.41) is 9.51. The summed E-state index contributed by atoms with van der Waals surface area (Å²) in [6, 6.07) is 4.53. The van der Waals surface area contributed by atoms with Crippen LogP contribution in [0.15, 0.2) is 18.2 Å². The number of amides is 1. The normalized spacial score (nSPS) is 10.1. The van der Waals surface area contributed by atoms with E-state index in [1.807, 2.05) is 5.43 Å². The lowest BCUT2D eigenvalue weighted by Crippen LogP contribution is -2.30. The van der Waals surface area contributed by atoms with Gasteiger partial charge in [-0.15, -0.1) is 0 Å². The van der Waals surface area contributed by atoms with Gasteiger partial charge in [-0.3, -0.25) is 10.2 Å². The van der Waals surface area contributed by atoms with Crippen LogP contribution in [0.1, 0.15) is 43.0 Å². The molecule has 0 aliphatic carbocycles. The Morgan fingerprint density at radius 2 is 2.17 bits per heavy atom. The first-order valence-corrected chi connectivity index (χ1v) is 6.15. The summed E-state index contributed by atoms with van der Waals surface area (Å²) in [6.45, 7) is 2.76. The van der Waals surface area contributed by atoms with Gasteiger partial charge in [-0.2, -0.15) is 0 Å². The molecule has 0 saturated carbocycles. The monoisotopic (exact) mass is 252 g/mol. The molecule has 0 saturated heterocycles. The highest BCUT2D eigenvalue weighted by atomic mass is 16.5. The van der Waals surface area contributed by atoms with Crippen LogP contribution in [-0.2, 0) is 0 Å². The van der Waals surface area contributed by atoms with E-state index in [-0.39, 0.29) is 11.3 Å². The number of nitrogens with two attached hydrogens (primary N) is 1. The van der Waals surface area contributed by atoms with Crippen molar-refractivity contribution in [2.24, 2.45) is 5.84 Å². The standard InChI is InChI=1S/C13H20N2O3/c1-2-3-4-5-8-18-10-6-7-12(16)11(9-10)13(17)15-14/h6-7,9,16H,2-5,8,14H2,1H3,(H,15,17). The number of carbonyl (C=O) groups is 1. The molecule has 18 heavy (non-hydrogen) atoms. The molecule has 0 aromatic heterocycles. The van der Waals surface area contributed by atoms with Gasteiger partial charge in [-0.05, 0) is 24.6 Å². The number of phenols is 1. The summed E-state index contributed by atoms with van der Waals surface area (Å²) in [7, 11) is 0. The highest BCUT2D eigenvalue weighted by Crippen LogP contribution is 2.23. The SMILES string of the molecule is CCCCCCOc1ccc(O)c(C(=O)NN)c1. The molecule has 0 spiro atoms. The van der Waals surface area contributed by atoms with E-state index in [0.717, 1.165) is 12.8 Å². The van der Waals surface area contributed by atoms with Crippen LogP contribution in [0.25, 0.3) is 0 Å². The Bertz CT molecular complexity index is 394. The second-order valence-corrected chi connectivity index (χ2v) is 4.06. The fourth-order valence-corrected chi connectivity index (χ4v) is 1.58. The lowest BCUT2D eigenvalue weighted by Gasteiger charge is -2.08. The predicted octanol–water partition coefficient (Wildman–Crippen LogP) is 1.95. The van der Waals surface area contributed by atoms with Crippen molar-refractivity contribution in [2.45, 2.75) is 32.6 Å². The summed E-state index contributed by atoms with van der Waals surface area (Å²) in [4.78, 5) is 11.3. The van der Waals surface area contributed by atoms with Gasteiger partial charge in [0.25, 0.3) is 5.91 Å². The van der Waals surface area contributed by atoms with Crippen LogP contribution < -0.4 is 16.0 Å². The molecular weight excluding hydrogens is 232 g/mol. The number of nitrogens with one attached hydrogen (secondary N) is 1. The summed E-state index contributed by atoms with van der Waals surface area (Å²) >= 11 is 0. The van der Waals surface area contributed by atoms with E-state index < -0.39 is 5.91 Å². The molecule has 0 aliphatic rings. The third-order valence-corrected chi connectivity index (χ3v) is 2.61. The van der Waals surface area contributed by atoms with E-state index >= 15 is 0 Å². The maximum absolute atomic E-state index is 11.3. The second kappa shape index (κ2) is 7.55. The van der Waals surface area contributed by atoms with Gasteiger partial charge in [-0.25, -0.2) is 5.84 Å². The van der Waals surface area contributed by atoms with Crippen LogP contribution in [0.4, 0.5) is 0 Å². The molecule has 100 valence electrons. The van der Waals surface area contributed by atoms with Crippen molar-refractivity contribution in [1.29, 1.82) is 0 Å². The minimum Gasteiger partial charge on any atom is -0.507 e. The van der Waals surface area contributed by atoms with Gasteiger partial charge in [0.2, 0.25) is 0 Å². The van der Waals surface area contributed by atoms with E-state index in [9.17, 15) is 9.90 Å². The molecule has 1 amide bonds. The molecule has 0 fully saturated rings. The highest BCUT2D eigenvalue weighted by Gasteiger charge is 2.10. The van der Waals surface area contributed by atoms with Gasteiger partial charge in [0, 0.05) is 0 Å². The predicted molar refractivity (Wildman–Crippen MR) is 69.4 cm³/mol. The largest absolute Gasteiger partial charge is 0.507 e. The Labute approximate surface area is 107 Å². The Balaban J connectivity index is 2.54. The Morgan fingerprint density at radius 3 is 2.83 bits per heavy atom. The van der Waals surface area contributed by atoms with Crippen LogP contribution in [0.3, 0.4) is 0 Å². The molecule has 1 aromatic carbocycles. The number of aromatic hydroxyl groups is 1. The zero-order valence-corrected chi connectivity index (χ0v) is 10.6. The fraction of sp³-hybridized carbons (Fsp3) is 0.462. The Kier molecular flexibility index (Phi) is 6.00. The molecular formula is C13H20N2O3. The lowest BCUT2D eigenvalue weighted by atomic mass is 10.2. The van der Waals surface area contributed by atoms with Crippen molar-refractivity contribution in [1.82, 2.24) is 5.43 Å². The smallest absolute Gasteiger partial charge is 0.269 e. The number of hydrogen-bond donors (Lipinski definition) is 3. The summed E-state index contributed by atoms with van der Waals surface area (Å²) in [6.07, 6.45) is 4.48. The molecule has 5 nitrogen and oxygen atoms in total. The molecule has 1 aromatic rings. The van der Waals surface area contributed by atoms with Crippen LogP contribution in [0.2, 0.25) is 0 Å². The van der Waals surface area contributed by atoms with E-state index in [4.69, 9.17) is 10.6 Å². The number of ether oxygens (including phenoxy) is 1. The van der Waals surface area contributed by atoms with Crippen molar-refractivity contribution in [3.63, 3.8) is 0 Å². The molecule has 0 atom stereocenters. The molecule has 0 radical (unpaired) electrons. The number of unbranched alkanes of at least 4 members (excludes halogenated alkanes) is 3. The molecule has 5 heteroatoms. The average molecular weight is 252 g/mol. The summed E-state index contributed by atoms with van der Waals surface area (Å²) in [5.41, 5.74) is 2.09. The molecule has 0 bridgehead atoms. The second-order valence-electron chi connectivity index (χ2n) is 4.06. The van der Waals surface area contributed by atoms with Gasteiger partial charge in [0.05, 0.1) is 12.2 Å². The first kappa shape index (κ1) is 14.3. The number of benzene rings is 1. The van der Waals surface area contributed by atoms with Crippen molar-refractivity contribution in [3.05, 3.63) is 23.8 Å². The number of hydrazine groups is 1. The van der Waals surface area contributed by atoms with Crippen molar-refractivity contribution < 1.29 is 14.6 Å². The van der Waals surface area contributed by atoms with E-state index in [1.165, 1.54) is 25.0 Å². The number of rotatable bonds is 7. The van der Waals surface area contributed by atoms with Crippen LogP contribution in [-0.4, -0.2) is 17.6 Å². The minimum absolute atomic E-state index is 0.114. The Morgan fingerprint density at radius 1 is 1.39 bits per heavy atom. The summed E-state index contributed by atoms with van der Waals surface area (Å²) in [5.74, 6) is 4.93. The topological polar surface area (TPSA) is 84.6 Å². The summed E-state index contributed by atoms with van der Waals surface area (Å²) < 4.78 is 5.51. The van der Waals surface area contributed by atoms with E-state index in [1.54, 1.807) is 6.07 Å². The first-order valence-electron chi connectivity index (χ1n) is 6.15. The quantitative estimate of drug-likeness (QED) is 0.300. The third-order valence-electron chi connectivity index (χ3n) is 2.61. The van der Waals surface area contributed by atoms with Gasteiger partial charge in [-0.1, -0.05) is 26.2 Å². The number of hydrogen-bond acceptors (Lipinski definition) is 4. The van der Waals surface area contributed by atoms with Crippen molar-refractivity contribution >= 4 is 5.91 Å². The number of carbonyl (C=O) groups excluding carboxylic acids is 1. The lowest BCUT2D eigenvalue weighted by molar-refractivity contribution is 0.0950. The maximum Gasteiger partial charge on any atom is 0.269 e. The minimum atomic E-state index is -0.538. The van der Waals surface area contributed by atoms with Gasteiger partial charge < -0.3 is 9.84 Å². The van der Waals surface area contributed by atoms with Gasteiger partial charge in [0.1, 0.15) is 11.5 Å². The molecule has 1 rings (SSSR count). The third kappa shape index (κ3) is 4.25. The van der Waals surface area contributed by atoms with Gasteiger partial charge in [0.15, 0.2) is 0 Å². The van der Waals surface area contributed by atoms with Crippen molar-refractivity contribution in [3.8, 4) is 11.5 Å². The zero-order chi connectivity index (χ0) is 13.4. The number of phenolic OH excluding ortho intramolecular Hbond substituents is 1.